The Hall–Kier alpha value is -2.33. The quantitative estimate of drug-likeness (QED) is 0.320. The first-order valence-corrected chi connectivity index (χ1v) is 8.27. The molecule has 4 nitrogen and oxygen atoms in total. The second-order valence-corrected chi connectivity index (χ2v) is 5.73. The molecule has 0 amide bonds. The predicted molar refractivity (Wildman–Crippen MR) is 92.8 cm³/mol. The van der Waals surface area contributed by atoms with Gasteiger partial charge in [-0.3, -0.25) is 4.79 Å². The fourth-order valence-corrected chi connectivity index (χ4v) is 2.19. The standard InChI is InChI=1S/C19H19ClO4/c1-14-8-10-15(11-9-14)19(22)24-17-6-4-5-16(13-17)23-18(21)7-2-3-12-20/h4-6,8-11,13H,2-3,7,12H2,1H3. The molecular weight excluding hydrogens is 328 g/mol. The lowest BCUT2D eigenvalue weighted by Gasteiger charge is -2.07. The molecule has 2 aromatic carbocycles. The number of carbonyl (C=O) groups excluding carboxylic acids is 2. The van der Waals surface area contributed by atoms with Crippen molar-refractivity contribution < 1.29 is 19.1 Å². The molecule has 2 rings (SSSR count). The fraction of sp³-hybridized carbons (Fsp3) is 0.263. The molecule has 0 aliphatic rings. The van der Waals surface area contributed by atoms with E-state index in [9.17, 15) is 9.59 Å². The van der Waals surface area contributed by atoms with Gasteiger partial charge in [-0.15, -0.1) is 11.6 Å². The molecule has 5 heteroatoms. The van der Waals surface area contributed by atoms with E-state index in [2.05, 4.69) is 0 Å². The molecule has 0 fully saturated rings. The van der Waals surface area contributed by atoms with Crippen LogP contribution in [0.25, 0.3) is 0 Å². The molecule has 126 valence electrons. The third-order valence-corrected chi connectivity index (χ3v) is 3.57. The van der Waals surface area contributed by atoms with Crippen molar-refractivity contribution >= 4 is 23.5 Å². The van der Waals surface area contributed by atoms with Gasteiger partial charge in [0.25, 0.3) is 0 Å². The van der Waals surface area contributed by atoms with Gasteiger partial charge in [-0.2, -0.15) is 0 Å². The summed E-state index contributed by atoms with van der Waals surface area (Å²) in [5.41, 5.74) is 1.53. The van der Waals surface area contributed by atoms with E-state index in [0.29, 0.717) is 35.8 Å². The van der Waals surface area contributed by atoms with Crippen LogP contribution in [0.4, 0.5) is 0 Å². The molecule has 0 bridgehead atoms. The van der Waals surface area contributed by atoms with E-state index in [1.165, 1.54) is 6.07 Å². The Morgan fingerprint density at radius 3 is 2.29 bits per heavy atom. The number of unbranched alkanes of at least 4 members (excludes halogenated alkanes) is 1. The van der Waals surface area contributed by atoms with E-state index in [0.717, 1.165) is 12.0 Å². The van der Waals surface area contributed by atoms with Crippen molar-refractivity contribution in [3.05, 3.63) is 59.7 Å². The van der Waals surface area contributed by atoms with Crippen molar-refractivity contribution in [2.75, 3.05) is 5.88 Å². The highest BCUT2D eigenvalue weighted by Gasteiger charge is 2.10. The smallest absolute Gasteiger partial charge is 0.343 e. The topological polar surface area (TPSA) is 52.6 Å². The third kappa shape index (κ3) is 5.70. The summed E-state index contributed by atoms with van der Waals surface area (Å²) < 4.78 is 10.5. The normalized spacial score (nSPS) is 10.2. The summed E-state index contributed by atoms with van der Waals surface area (Å²) in [6, 6.07) is 13.6. The van der Waals surface area contributed by atoms with Crippen LogP contribution in [0.15, 0.2) is 48.5 Å². The molecule has 0 aliphatic carbocycles. The van der Waals surface area contributed by atoms with Gasteiger partial charge in [0, 0.05) is 18.4 Å². The van der Waals surface area contributed by atoms with Crippen LogP contribution in [0.3, 0.4) is 0 Å². The van der Waals surface area contributed by atoms with E-state index < -0.39 is 5.97 Å². The van der Waals surface area contributed by atoms with Gasteiger partial charge in [0.15, 0.2) is 0 Å². The molecule has 0 aliphatic heterocycles. The van der Waals surface area contributed by atoms with E-state index >= 15 is 0 Å². The minimum absolute atomic E-state index is 0.306. The van der Waals surface area contributed by atoms with Gasteiger partial charge in [-0.1, -0.05) is 23.8 Å². The third-order valence-electron chi connectivity index (χ3n) is 3.30. The zero-order valence-corrected chi connectivity index (χ0v) is 14.2. The van der Waals surface area contributed by atoms with Crippen LogP contribution >= 0.6 is 11.6 Å². The van der Waals surface area contributed by atoms with Crippen LogP contribution in [0.5, 0.6) is 11.5 Å². The van der Waals surface area contributed by atoms with Crippen molar-refractivity contribution in [2.24, 2.45) is 0 Å². The number of rotatable bonds is 7. The summed E-state index contributed by atoms with van der Waals surface area (Å²) >= 11 is 5.57. The van der Waals surface area contributed by atoms with Gasteiger partial charge in [0.1, 0.15) is 11.5 Å². The Morgan fingerprint density at radius 2 is 1.62 bits per heavy atom. The largest absolute Gasteiger partial charge is 0.426 e. The molecule has 0 atom stereocenters. The highest BCUT2D eigenvalue weighted by molar-refractivity contribution is 6.17. The van der Waals surface area contributed by atoms with Crippen molar-refractivity contribution in [1.29, 1.82) is 0 Å². The van der Waals surface area contributed by atoms with E-state index in [-0.39, 0.29) is 5.97 Å². The molecule has 0 saturated carbocycles. The number of hydrogen-bond acceptors (Lipinski definition) is 4. The van der Waals surface area contributed by atoms with Gasteiger partial charge < -0.3 is 9.47 Å². The molecule has 0 heterocycles. The monoisotopic (exact) mass is 346 g/mol. The van der Waals surface area contributed by atoms with Crippen LogP contribution in [-0.2, 0) is 4.79 Å². The Bertz CT molecular complexity index is 695. The van der Waals surface area contributed by atoms with Crippen molar-refractivity contribution in [2.45, 2.75) is 26.2 Å². The van der Waals surface area contributed by atoms with Crippen LogP contribution in [0, 0.1) is 6.92 Å². The molecule has 0 unspecified atom stereocenters. The number of ether oxygens (including phenoxy) is 2. The number of hydrogen-bond donors (Lipinski definition) is 0. The van der Waals surface area contributed by atoms with Gasteiger partial charge in [-0.25, -0.2) is 4.79 Å². The molecule has 24 heavy (non-hydrogen) atoms. The number of esters is 2. The summed E-state index contributed by atoms with van der Waals surface area (Å²) in [6.45, 7) is 1.94. The van der Waals surface area contributed by atoms with Gasteiger partial charge in [0.2, 0.25) is 0 Å². The molecule has 0 N–H and O–H groups in total. The fourth-order valence-electron chi connectivity index (χ4n) is 2.00. The van der Waals surface area contributed by atoms with E-state index in [1.54, 1.807) is 30.3 Å². The maximum Gasteiger partial charge on any atom is 0.343 e. The first-order valence-electron chi connectivity index (χ1n) is 7.74. The Kier molecular flexibility index (Phi) is 6.82. The molecule has 2 aromatic rings. The minimum atomic E-state index is -0.458. The van der Waals surface area contributed by atoms with Gasteiger partial charge in [-0.05, 0) is 44.0 Å². The molecule has 0 spiro atoms. The van der Waals surface area contributed by atoms with Crippen molar-refractivity contribution in [3.63, 3.8) is 0 Å². The summed E-state index contributed by atoms with van der Waals surface area (Å²) in [5, 5.41) is 0. The first kappa shape index (κ1) is 18.0. The van der Waals surface area contributed by atoms with Crippen molar-refractivity contribution in [3.8, 4) is 11.5 Å². The number of halogens is 1. The lowest BCUT2D eigenvalue weighted by Crippen LogP contribution is -2.10. The summed E-state index contributed by atoms with van der Waals surface area (Å²) in [6.07, 6.45) is 1.76. The van der Waals surface area contributed by atoms with Crippen molar-refractivity contribution in [1.82, 2.24) is 0 Å². The summed E-state index contributed by atoms with van der Waals surface area (Å²) in [4.78, 5) is 23.8. The molecule has 0 radical (unpaired) electrons. The van der Waals surface area contributed by atoms with Gasteiger partial charge >= 0.3 is 11.9 Å². The number of carbonyl (C=O) groups is 2. The van der Waals surface area contributed by atoms with Gasteiger partial charge in [0.05, 0.1) is 5.56 Å². The number of benzene rings is 2. The average Bonchev–Trinajstić information content (AvgIpc) is 2.56. The SMILES string of the molecule is Cc1ccc(C(=O)Oc2cccc(OC(=O)CCCCCl)c2)cc1. The van der Waals surface area contributed by atoms with Crippen LogP contribution in [0.2, 0.25) is 0 Å². The Balaban J connectivity index is 1.95. The second-order valence-electron chi connectivity index (χ2n) is 5.35. The summed E-state index contributed by atoms with van der Waals surface area (Å²) in [5.74, 6) is 0.409. The molecule has 0 aromatic heterocycles. The summed E-state index contributed by atoms with van der Waals surface area (Å²) in [7, 11) is 0. The highest BCUT2D eigenvalue weighted by Crippen LogP contribution is 2.21. The average molecular weight is 347 g/mol. The zero-order chi connectivity index (χ0) is 17.4. The lowest BCUT2D eigenvalue weighted by atomic mass is 10.1. The second kappa shape index (κ2) is 9.08. The highest BCUT2D eigenvalue weighted by atomic mass is 35.5. The zero-order valence-electron chi connectivity index (χ0n) is 13.5. The lowest BCUT2D eigenvalue weighted by molar-refractivity contribution is -0.134. The number of alkyl halides is 1. The molecular formula is C19H19ClO4. The first-order chi connectivity index (χ1) is 11.6. The number of aryl methyl sites for hydroxylation is 1. The Labute approximate surface area is 146 Å². The predicted octanol–water partition coefficient (Wildman–Crippen LogP) is 4.53. The van der Waals surface area contributed by atoms with E-state index in [1.807, 2.05) is 19.1 Å². The maximum absolute atomic E-state index is 12.1. The Morgan fingerprint density at radius 1 is 0.958 bits per heavy atom. The maximum atomic E-state index is 12.1. The van der Waals surface area contributed by atoms with Crippen LogP contribution in [-0.4, -0.2) is 17.8 Å². The van der Waals surface area contributed by atoms with Crippen LogP contribution in [0.1, 0.15) is 35.2 Å². The molecule has 0 saturated heterocycles. The minimum Gasteiger partial charge on any atom is -0.426 e. The van der Waals surface area contributed by atoms with Crippen LogP contribution < -0.4 is 9.47 Å². The van der Waals surface area contributed by atoms with E-state index in [4.69, 9.17) is 21.1 Å².